The molecule has 0 amide bonds. The highest BCUT2D eigenvalue weighted by Crippen LogP contribution is 2.41. The van der Waals surface area contributed by atoms with Gasteiger partial charge in [0.1, 0.15) is 6.23 Å². The fourth-order valence-corrected chi connectivity index (χ4v) is 3.59. The molecule has 1 N–H and O–H groups in total. The molecule has 2 aliphatic rings. The third-order valence-corrected chi connectivity index (χ3v) is 4.50. The molecule has 100 valence electrons. The van der Waals surface area contributed by atoms with Crippen LogP contribution in [0.5, 0.6) is 0 Å². The number of carboxylic acids is 1. The molecule has 6 heteroatoms. The summed E-state index contributed by atoms with van der Waals surface area (Å²) in [4.78, 5) is 12.8. The smallest absolute Gasteiger partial charge is 0.172 e. The van der Waals surface area contributed by atoms with Gasteiger partial charge in [0.15, 0.2) is 18.9 Å². The Hall–Kier alpha value is -1.53. The largest absolute Gasteiger partial charge is 0.543 e. The molecule has 0 saturated carbocycles. The molecule has 0 bridgehead atoms. The number of carboxylic acid groups (broad SMARTS) is 1. The summed E-state index contributed by atoms with van der Waals surface area (Å²) in [6, 6.07) is 5.63. The summed E-state index contributed by atoms with van der Waals surface area (Å²) in [5.74, 6) is -0.748. The van der Waals surface area contributed by atoms with Gasteiger partial charge < -0.3 is 19.9 Å². The molecule has 1 saturated heterocycles. The highest BCUT2D eigenvalue weighted by Gasteiger charge is 2.43. The van der Waals surface area contributed by atoms with Gasteiger partial charge >= 0.3 is 0 Å². The van der Waals surface area contributed by atoms with Crippen LogP contribution in [-0.4, -0.2) is 33.3 Å². The van der Waals surface area contributed by atoms with Gasteiger partial charge in [0.25, 0.3) is 0 Å². The second-order valence-electron chi connectivity index (χ2n) is 4.50. The first-order valence-electron chi connectivity index (χ1n) is 6.55. The fraction of sp³-hybridized carbons (Fsp3) is 0.385. The van der Waals surface area contributed by atoms with Gasteiger partial charge in [-0.25, -0.2) is 4.57 Å². The van der Waals surface area contributed by atoms with Crippen molar-refractivity contribution in [2.75, 3.05) is 5.75 Å². The van der Waals surface area contributed by atoms with Crippen molar-refractivity contribution in [3.63, 3.8) is 0 Å². The topological polar surface area (TPSA) is 67.5 Å². The van der Waals surface area contributed by atoms with E-state index < -0.39 is 18.6 Å². The van der Waals surface area contributed by atoms with Crippen LogP contribution in [0, 0.1) is 0 Å². The molecule has 2 unspecified atom stereocenters. The van der Waals surface area contributed by atoms with Crippen molar-refractivity contribution in [3.05, 3.63) is 41.9 Å². The molecule has 5 nitrogen and oxygen atoms in total. The van der Waals surface area contributed by atoms with E-state index in [4.69, 9.17) is 1.37 Å². The molecule has 1 aromatic rings. The summed E-state index contributed by atoms with van der Waals surface area (Å²) in [6.07, 6.45) is 1.99. The number of thioether (sulfide) groups is 1. The lowest BCUT2D eigenvalue weighted by Crippen LogP contribution is -2.59. The van der Waals surface area contributed by atoms with Crippen molar-refractivity contribution in [3.8, 4) is 0 Å². The SMILES string of the molecule is [2H]C1C(O)N2C(C(=O)[O-])=C(C[n+]3ccccc3)CS[C@H]12. The Kier molecular flexibility index (Phi) is 2.89. The van der Waals surface area contributed by atoms with Crippen molar-refractivity contribution >= 4 is 17.7 Å². The molecule has 3 rings (SSSR count). The summed E-state index contributed by atoms with van der Waals surface area (Å²) in [5, 5.41) is 20.9. The van der Waals surface area contributed by atoms with E-state index in [1.165, 1.54) is 16.7 Å². The third kappa shape index (κ3) is 2.21. The molecular formula is C13H14N2O3S. The number of carbonyl (C=O) groups excluding carboxylic acids is 1. The number of pyridine rings is 1. The monoisotopic (exact) mass is 279 g/mol. The van der Waals surface area contributed by atoms with Crippen LogP contribution in [0.25, 0.3) is 0 Å². The summed E-state index contributed by atoms with van der Waals surface area (Å²) in [6.45, 7) is 0.440. The molecule has 0 aliphatic carbocycles. The van der Waals surface area contributed by atoms with Crippen LogP contribution in [0.3, 0.4) is 0 Å². The number of hydrogen-bond acceptors (Lipinski definition) is 5. The van der Waals surface area contributed by atoms with Crippen molar-refractivity contribution in [2.24, 2.45) is 0 Å². The van der Waals surface area contributed by atoms with Crippen molar-refractivity contribution in [2.45, 2.75) is 24.5 Å². The van der Waals surface area contributed by atoms with Gasteiger partial charge in [-0.1, -0.05) is 6.07 Å². The van der Waals surface area contributed by atoms with Gasteiger partial charge in [0, 0.05) is 31.2 Å². The summed E-state index contributed by atoms with van der Waals surface area (Å²) in [5.41, 5.74) is 0.745. The first-order chi connectivity index (χ1) is 9.59. The van der Waals surface area contributed by atoms with E-state index in [2.05, 4.69) is 0 Å². The number of fused-ring (bicyclic) bond motifs is 1. The fourth-order valence-electron chi connectivity index (χ4n) is 2.34. The molecular weight excluding hydrogens is 264 g/mol. The standard InChI is InChI=1S/C13H14N2O3S/c16-10-6-11-15(10)12(13(17)18)9(8-19-11)7-14-4-2-1-3-5-14/h1-5,10-11,16H,6-8H2/t10?,11-/m1/s1/i6D/t6?,10?,11-. The maximum absolute atomic E-state index is 11.4. The minimum absolute atomic E-state index is 0.0427. The number of rotatable bonds is 3. The van der Waals surface area contributed by atoms with Crippen molar-refractivity contribution < 1.29 is 20.9 Å². The lowest BCUT2D eigenvalue weighted by atomic mass is 10.1. The van der Waals surface area contributed by atoms with E-state index in [-0.39, 0.29) is 11.1 Å². The van der Waals surface area contributed by atoms with E-state index in [9.17, 15) is 15.0 Å². The maximum Gasteiger partial charge on any atom is 0.172 e. The van der Waals surface area contributed by atoms with E-state index in [0.29, 0.717) is 17.9 Å². The summed E-state index contributed by atoms with van der Waals surface area (Å²) < 4.78 is 9.59. The zero-order valence-electron chi connectivity index (χ0n) is 11.1. The minimum Gasteiger partial charge on any atom is -0.543 e. The number of aromatic nitrogens is 1. The number of aliphatic hydroxyl groups excluding tert-OH is 1. The number of nitrogens with zero attached hydrogens (tertiary/aromatic N) is 2. The third-order valence-electron chi connectivity index (χ3n) is 3.26. The molecule has 1 fully saturated rings. The van der Waals surface area contributed by atoms with E-state index in [0.717, 1.165) is 0 Å². The molecule has 0 radical (unpaired) electrons. The first kappa shape index (κ1) is 11.3. The van der Waals surface area contributed by atoms with Crippen LogP contribution >= 0.6 is 11.8 Å². The predicted octanol–water partition coefficient (Wildman–Crippen LogP) is -0.925. The van der Waals surface area contributed by atoms with Gasteiger partial charge in [0.2, 0.25) is 0 Å². The molecule has 19 heavy (non-hydrogen) atoms. The zero-order valence-corrected chi connectivity index (χ0v) is 10.9. The Morgan fingerprint density at radius 3 is 3.00 bits per heavy atom. The molecule has 3 heterocycles. The van der Waals surface area contributed by atoms with Gasteiger partial charge in [0.05, 0.1) is 17.0 Å². The van der Waals surface area contributed by atoms with Crippen LogP contribution in [0.15, 0.2) is 41.9 Å². The number of aliphatic hydroxyl groups is 1. The maximum atomic E-state index is 11.4. The van der Waals surface area contributed by atoms with Crippen LogP contribution in [0.1, 0.15) is 7.77 Å². The normalized spacial score (nSPS) is 30.5. The van der Waals surface area contributed by atoms with E-state index in [1.54, 1.807) is 0 Å². The lowest BCUT2D eigenvalue weighted by Gasteiger charge is -2.51. The predicted molar refractivity (Wildman–Crippen MR) is 67.4 cm³/mol. The van der Waals surface area contributed by atoms with Gasteiger partial charge in [-0.05, 0) is 0 Å². The first-order valence-corrected chi connectivity index (χ1v) is 7.02. The number of hydrogen-bond donors (Lipinski definition) is 1. The second-order valence-corrected chi connectivity index (χ2v) is 5.61. The van der Waals surface area contributed by atoms with Crippen LogP contribution in [0.4, 0.5) is 0 Å². The minimum atomic E-state index is -1.28. The highest BCUT2D eigenvalue weighted by molar-refractivity contribution is 8.00. The molecule has 2 aliphatic heterocycles. The van der Waals surface area contributed by atoms with E-state index >= 15 is 0 Å². The molecule has 3 atom stereocenters. The average Bonchev–Trinajstić information content (AvgIpc) is 2.46. The number of aliphatic carboxylic acids is 1. The Bertz CT molecular complexity index is 566. The lowest BCUT2D eigenvalue weighted by molar-refractivity contribution is -0.689. The Morgan fingerprint density at radius 2 is 2.32 bits per heavy atom. The second kappa shape index (κ2) is 4.86. The van der Waals surface area contributed by atoms with Gasteiger partial charge in [-0.3, -0.25) is 0 Å². The van der Waals surface area contributed by atoms with Gasteiger partial charge in [-0.15, -0.1) is 11.8 Å². The van der Waals surface area contributed by atoms with E-state index in [1.807, 2.05) is 35.2 Å². The number of carbonyl (C=O) groups is 1. The quantitative estimate of drug-likeness (QED) is 0.725. The van der Waals surface area contributed by atoms with Crippen LogP contribution < -0.4 is 9.67 Å². The van der Waals surface area contributed by atoms with Crippen LogP contribution in [-0.2, 0) is 11.3 Å². The van der Waals surface area contributed by atoms with Gasteiger partial charge in [-0.2, -0.15) is 0 Å². The Balaban J connectivity index is 1.92. The summed E-state index contributed by atoms with van der Waals surface area (Å²) >= 11 is 1.49. The molecule has 1 aromatic heterocycles. The Morgan fingerprint density at radius 1 is 1.58 bits per heavy atom. The van der Waals surface area contributed by atoms with Crippen LogP contribution in [0.2, 0.25) is 0 Å². The molecule has 0 aromatic carbocycles. The summed E-state index contributed by atoms with van der Waals surface area (Å²) in [7, 11) is 0. The Labute approximate surface area is 116 Å². The highest BCUT2D eigenvalue weighted by atomic mass is 32.2. The van der Waals surface area contributed by atoms with Crippen molar-refractivity contribution in [1.29, 1.82) is 0 Å². The van der Waals surface area contributed by atoms with Crippen molar-refractivity contribution in [1.82, 2.24) is 4.90 Å². The molecule has 0 spiro atoms. The zero-order chi connectivity index (χ0) is 14.3. The average molecular weight is 279 g/mol.